The van der Waals surface area contributed by atoms with Gasteiger partial charge in [-0.25, -0.2) is 19.3 Å². The number of anilines is 1. The number of carbonyl (C=O) groups is 1. The van der Waals surface area contributed by atoms with Crippen molar-refractivity contribution in [3.8, 4) is 0 Å². The lowest BCUT2D eigenvalue weighted by atomic mass is 9.99. The minimum Gasteiger partial charge on any atom is -0.361 e. The van der Waals surface area contributed by atoms with Gasteiger partial charge < -0.3 is 15.2 Å². The van der Waals surface area contributed by atoms with E-state index in [1.807, 2.05) is 0 Å². The monoisotopic (exact) mass is 340 g/mol. The zero-order chi connectivity index (χ0) is 17.4. The molecule has 3 aromatic rings. The molecule has 0 aliphatic carbocycles. The Labute approximate surface area is 143 Å². The molecule has 1 aromatic carbocycles. The highest BCUT2D eigenvalue weighted by Crippen LogP contribution is 2.31. The van der Waals surface area contributed by atoms with Gasteiger partial charge in [-0.15, -0.1) is 0 Å². The molecule has 25 heavy (non-hydrogen) atoms. The van der Waals surface area contributed by atoms with E-state index in [0.717, 1.165) is 16.6 Å². The molecule has 8 heteroatoms. The summed E-state index contributed by atoms with van der Waals surface area (Å²) in [6, 6.07) is 4.62. The van der Waals surface area contributed by atoms with Gasteiger partial charge in [0, 0.05) is 20.0 Å². The van der Waals surface area contributed by atoms with Crippen LogP contribution in [-0.2, 0) is 11.3 Å². The summed E-state index contributed by atoms with van der Waals surface area (Å²) in [5.41, 5.74) is 3.08. The Kier molecular flexibility index (Phi) is 3.79. The molecule has 0 radical (unpaired) electrons. The third-order valence-corrected chi connectivity index (χ3v) is 4.51. The zero-order valence-electron chi connectivity index (χ0n) is 13.7. The van der Waals surface area contributed by atoms with Gasteiger partial charge in [-0.3, -0.25) is 4.79 Å². The molecule has 1 amide bonds. The Hall–Kier alpha value is -3.03. The molecule has 0 bridgehead atoms. The van der Waals surface area contributed by atoms with E-state index in [9.17, 15) is 9.18 Å². The van der Waals surface area contributed by atoms with Crippen molar-refractivity contribution in [2.45, 2.75) is 25.9 Å². The number of benzene rings is 1. The number of hydrogen-bond donors (Lipinski definition) is 2. The van der Waals surface area contributed by atoms with Crippen LogP contribution in [0.2, 0.25) is 0 Å². The number of hydrogen-bond acceptors (Lipinski definition) is 5. The molecule has 1 unspecified atom stereocenters. The topological polar surface area (TPSA) is 86.8 Å². The lowest BCUT2D eigenvalue weighted by Gasteiger charge is -2.20. The molecule has 1 atom stereocenters. The van der Waals surface area contributed by atoms with E-state index in [1.54, 1.807) is 17.3 Å². The van der Waals surface area contributed by atoms with Crippen molar-refractivity contribution in [1.82, 2.24) is 24.8 Å². The van der Waals surface area contributed by atoms with Gasteiger partial charge in [0.05, 0.1) is 12.4 Å². The molecule has 1 aliphatic rings. The van der Waals surface area contributed by atoms with Gasteiger partial charge in [0.1, 0.15) is 17.7 Å². The third kappa shape index (κ3) is 2.90. The first kappa shape index (κ1) is 15.5. The van der Waals surface area contributed by atoms with Crippen LogP contribution >= 0.6 is 0 Å². The number of imidazole rings is 1. The second-order valence-corrected chi connectivity index (χ2v) is 6.09. The molecule has 3 heterocycles. The van der Waals surface area contributed by atoms with E-state index in [2.05, 4.69) is 25.3 Å². The van der Waals surface area contributed by atoms with E-state index in [-0.39, 0.29) is 17.8 Å². The van der Waals surface area contributed by atoms with Gasteiger partial charge in [0.15, 0.2) is 11.5 Å². The van der Waals surface area contributed by atoms with Crippen LogP contribution in [0, 0.1) is 5.82 Å². The molecule has 2 aromatic heterocycles. The van der Waals surface area contributed by atoms with Gasteiger partial charge in [0.25, 0.3) is 0 Å². The van der Waals surface area contributed by atoms with Gasteiger partial charge in [-0.2, -0.15) is 0 Å². The van der Waals surface area contributed by atoms with Crippen LogP contribution in [0.5, 0.6) is 0 Å². The van der Waals surface area contributed by atoms with Crippen molar-refractivity contribution in [2.24, 2.45) is 0 Å². The Morgan fingerprint density at radius 2 is 2.24 bits per heavy atom. The Morgan fingerprint density at radius 1 is 1.36 bits per heavy atom. The number of aromatic nitrogens is 4. The van der Waals surface area contributed by atoms with E-state index in [1.165, 1.54) is 25.4 Å². The highest BCUT2D eigenvalue weighted by molar-refractivity contribution is 5.82. The van der Waals surface area contributed by atoms with Crippen LogP contribution in [0.15, 0.2) is 30.9 Å². The largest absolute Gasteiger partial charge is 0.361 e. The molecule has 128 valence electrons. The SMILES string of the molecule is CC(=O)N1CCC(Nc2ncnc3nc[nH]c23)c2ccc(F)cc2C1. The number of nitrogens with zero attached hydrogens (tertiary/aromatic N) is 4. The van der Waals surface area contributed by atoms with E-state index in [4.69, 9.17) is 0 Å². The predicted molar refractivity (Wildman–Crippen MR) is 90.2 cm³/mol. The minimum absolute atomic E-state index is 0.0196. The third-order valence-electron chi connectivity index (χ3n) is 4.51. The number of rotatable bonds is 2. The van der Waals surface area contributed by atoms with Crippen molar-refractivity contribution in [2.75, 3.05) is 11.9 Å². The second-order valence-electron chi connectivity index (χ2n) is 6.09. The normalized spacial score (nSPS) is 17.2. The average molecular weight is 340 g/mol. The van der Waals surface area contributed by atoms with Gasteiger partial charge in [0.2, 0.25) is 5.91 Å². The first-order chi connectivity index (χ1) is 12.1. The van der Waals surface area contributed by atoms with Crippen LogP contribution in [0.25, 0.3) is 11.2 Å². The maximum absolute atomic E-state index is 13.7. The molecule has 0 spiro atoms. The number of nitrogens with one attached hydrogen (secondary N) is 2. The molecule has 7 nitrogen and oxygen atoms in total. The summed E-state index contributed by atoms with van der Waals surface area (Å²) in [7, 11) is 0. The number of aromatic amines is 1. The first-order valence-electron chi connectivity index (χ1n) is 8.06. The summed E-state index contributed by atoms with van der Waals surface area (Å²) in [4.78, 5) is 29.1. The zero-order valence-corrected chi connectivity index (χ0v) is 13.7. The average Bonchev–Trinajstić information content (AvgIpc) is 3.00. The Bertz CT molecular complexity index is 940. The van der Waals surface area contributed by atoms with Crippen molar-refractivity contribution >= 4 is 22.9 Å². The fraction of sp³-hybridized carbons (Fsp3) is 0.294. The number of halogens is 1. The van der Waals surface area contributed by atoms with Crippen molar-refractivity contribution in [3.05, 3.63) is 47.8 Å². The standard InChI is InChI=1S/C17H17FN6O/c1-10(25)24-5-4-14(13-3-2-12(18)6-11(13)7-24)23-17-15-16(20-8-19-15)21-9-22-17/h2-3,6,8-9,14H,4-5,7H2,1H3,(H2,19,20,21,22,23). The molecule has 2 N–H and O–H groups in total. The van der Waals surface area contributed by atoms with Crippen molar-refractivity contribution in [1.29, 1.82) is 0 Å². The van der Waals surface area contributed by atoms with Crippen LogP contribution in [0.3, 0.4) is 0 Å². The summed E-state index contributed by atoms with van der Waals surface area (Å²) in [6.45, 7) is 2.52. The van der Waals surface area contributed by atoms with Crippen molar-refractivity contribution in [3.63, 3.8) is 0 Å². The van der Waals surface area contributed by atoms with E-state index in [0.29, 0.717) is 31.0 Å². The maximum Gasteiger partial charge on any atom is 0.219 e. The maximum atomic E-state index is 13.7. The van der Waals surface area contributed by atoms with Crippen molar-refractivity contribution < 1.29 is 9.18 Å². The smallest absolute Gasteiger partial charge is 0.219 e. The summed E-state index contributed by atoms with van der Waals surface area (Å²) >= 11 is 0. The van der Waals surface area contributed by atoms with Crippen LogP contribution in [0.1, 0.15) is 30.5 Å². The fourth-order valence-electron chi connectivity index (χ4n) is 3.23. The Morgan fingerprint density at radius 3 is 3.08 bits per heavy atom. The first-order valence-corrected chi connectivity index (χ1v) is 8.06. The highest BCUT2D eigenvalue weighted by Gasteiger charge is 2.25. The molecular formula is C17H17FN6O. The molecule has 0 fully saturated rings. The number of H-pyrrole nitrogens is 1. The van der Waals surface area contributed by atoms with Gasteiger partial charge >= 0.3 is 0 Å². The van der Waals surface area contributed by atoms with Crippen LogP contribution < -0.4 is 5.32 Å². The summed E-state index contributed by atoms with van der Waals surface area (Å²) in [6.07, 6.45) is 3.71. The van der Waals surface area contributed by atoms with Gasteiger partial charge in [-0.1, -0.05) is 6.07 Å². The number of amides is 1. The lowest BCUT2D eigenvalue weighted by molar-refractivity contribution is -0.129. The highest BCUT2D eigenvalue weighted by atomic mass is 19.1. The second kappa shape index (κ2) is 6.12. The Balaban J connectivity index is 1.72. The molecular weight excluding hydrogens is 323 g/mol. The van der Waals surface area contributed by atoms with Gasteiger partial charge in [-0.05, 0) is 29.7 Å². The summed E-state index contributed by atoms with van der Waals surface area (Å²) in [5.74, 6) is 0.314. The van der Waals surface area contributed by atoms with E-state index >= 15 is 0 Å². The fourth-order valence-corrected chi connectivity index (χ4v) is 3.23. The minimum atomic E-state index is -0.305. The van der Waals surface area contributed by atoms with E-state index < -0.39 is 0 Å². The lowest BCUT2D eigenvalue weighted by Crippen LogP contribution is -2.28. The number of carbonyl (C=O) groups excluding carboxylic acids is 1. The quantitative estimate of drug-likeness (QED) is 0.748. The molecule has 0 saturated carbocycles. The predicted octanol–water partition coefficient (Wildman–Crippen LogP) is 2.40. The van der Waals surface area contributed by atoms with Crippen LogP contribution in [-0.4, -0.2) is 37.3 Å². The molecule has 4 rings (SSSR count). The molecule has 0 saturated heterocycles. The summed E-state index contributed by atoms with van der Waals surface area (Å²) < 4.78 is 13.7. The number of fused-ring (bicyclic) bond motifs is 2. The summed E-state index contributed by atoms with van der Waals surface area (Å²) in [5, 5.41) is 3.40. The molecule has 1 aliphatic heterocycles. The van der Waals surface area contributed by atoms with Crippen LogP contribution in [0.4, 0.5) is 10.2 Å².